The zero-order valence-electron chi connectivity index (χ0n) is 18.8. The van der Waals surface area contributed by atoms with Gasteiger partial charge >= 0.3 is 5.97 Å². The van der Waals surface area contributed by atoms with Crippen molar-refractivity contribution in [2.75, 3.05) is 20.2 Å². The van der Waals surface area contributed by atoms with Gasteiger partial charge in [0.05, 0.1) is 12.5 Å². The lowest BCUT2D eigenvalue weighted by atomic mass is 9.59. The molecule has 3 aromatic rings. The number of allylic oxidation sites excluding steroid dienone is 1. The Balaban J connectivity index is 1.61. The monoisotopic (exact) mass is 501 g/mol. The molecule has 3 aromatic carbocycles. The van der Waals surface area contributed by atoms with Gasteiger partial charge < -0.3 is 4.74 Å². The molecule has 5 rings (SSSR count). The maximum atomic E-state index is 13.7. The van der Waals surface area contributed by atoms with E-state index in [0.717, 1.165) is 24.0 Å². The molecule has 3 atom stereocenters. The summed E-state index contributed by atoms with van der Waals surface area (Å²) in [5.41, 5.74) is 4.30. The molecule has 1 heterocycles. The van der Waals surface area contributed by atoms with E-state index in [1.165, 1.54) is 29.4 Å². The first-order valence-electron chi connectivity index (χ1n) is 11.5. The second kappa shape index (κ2) is 9.28. The predicted molar refractivity (Wildman–Crippen MR) is 136 cm³/mol. The van der Waals surface area contributed by atoms with Crippen LogP contribution in [0.4, 0.5) is 0 Å². The quantitative estimate of drug-likeness (QED) is 0.383. The smallest absolute Gasteiger partial charge is 0.314 e. The fourth-order valence-electron chi connectivity index (χ4n) is 5.87. The fourth-order valence-corrected chi connectivity index (χ4v) is 6.14. The van der Waals surface area contributed by atoms with Crippen LogP contribution in [0, 0.1) is 11.3 Å². The average Bonchev–Trinajstić information content (AvgIpc) is 3.24. The number of likely N-dealkylation sites (tertiary alicyclic amines) is 1. The molecular weight excluding hydrogens is 474 g/mol. The van der Waals surface area contributed by atoms with Crippen LogP contribution >= 0.6 is 15.9 Å². The second-order valence-corrected chi connectivity index (χ2v) is 10.0. The number of ether oxygens (including phenoxy) is 1. The van der Waals surface area contributed by atoms with Gasteiger partial charge in [0.2, 0.25) is 0 Å². The van der Waals surface area contributed by atoms with Gasteiger partial charge in [0.15, 0.2) is 0 Å². The van der Waals surface area contributed by atoms with Crippen molar-refractivity contribution in [3.8, 4) is 0 Å². The van der Waals surface area contributed by atoms with E-state index in [4.69, 9.17) is 4.74 Å². The molecule has 3 unspecified atom stereocenters. The standard InChI is InChI=1S/C29H28BrNO2/c1-33-28(32)29-20-31(18-21-8-4-2-5-9-21)19-27(29)25(22-12-14-24(30)15-13-22)16-17-26(29)23-10-6-3-7-11-23/h2-16,26-27H,17-20H2,1H3. The van der Waals surface area contributed by atoms with Crippen molar-refractivity contribution in [3.63, 3.8) is 0 Å². The number of esters is 1. The fraction of sp³-hybridized carbons (Fsp3) is 0.276. The van der Waals surface area contributed by atoms with Crippen molar-refractivity contribution in [1.82, 2.24) is 4.90 Å². The van der Waals surface area contributed by atoms with Gasteiger partial charge in [-0.1, -0.05) is 94.8 Å². The molecule has 1 saturated heterocycles. The lowest BCUT2D eigenvalue weighted by Crippen LogP contribution is -2.47. The molecule has 2 aliphatic rings. The summed E-state index contributed by atoms with van der Waals surface area (Å²) < 4.78 is 6.60. The Bertz CT molecular complexity index is 1140. The van der Waals surface area contributed by atoms with E-state index < -0.39 is 5.41 Å². The number of hydrogen-bond acceptors (Lipinski definition) is 3. The van der Waals surface area contributed by atoms with E-state index in [2.05, 4.69) is 99.7 Å². The van der Waals surface area contributed by atoms with Crippen molar-refractivity contribution in [3.05, 3.63) is 112 Å². The van der Waals surface area contributed by atoms with E-state index in [1.807, 2.05) is 12.1 Å². The maximum absolute atomic E-state index is 13.7. The number of halogens is 1. The van der Waals surface area contributed by atoms with Crippen LogP contribution in [0.15, 0.2) is 95.5 Å². The van der Waals surface area contributed by atoms with Gasteiger partial charge in [-0.05, 0) is 40.8 Å². The first-order chi connectivity index (χ1) is 16.1. The molecule has 0 bridgehead atoms. The predicted octanol–water partition coefficient (Wildman–Crippen LogP) is 6.31. The molecule has 0 radical (unpaired) electrons. The Morgan fingerprint density at radius 3 is 2.30 bits per heavy atom. The Kier molecular flexibility index (Phi) is 6.22. The van der Waals surface area contributed by atoms with Crippen molar-refractivity contribution in [1.29, 1.82) is 0 Å². The summed E-state index contributed by atoms with van der Waals surface area (Å²) in [6.07, 6.45) is 3.18. The summed E-state index contributed by atoms with van der Waals surface area (Å²) in [5, 5.41) is 0. The molecular formula is C29H28BrNO2. The van der Waals surface area contributed by atoms with E-state index >= 15 is 0 Å². The van der Waals surface area contributed by atoms with Crippen LogP contribution < -0.4 is 0 Å². The molecule has 0 spiro atoms. The van der Waals surface area contributed by atoms with E-state index in [9.17, 15) is 4.79 Å². The summed E-state index contributed by atoms with van der Waals surface area (Å²) >= 11 is 3.56. The summed E-state index contributed by atoms with van der Waals surface area (Å²) in [4.78, 5) is 16.1. The molecule has 0 aromatic heterocycles. The van der Waals surface area contributed by atoms with E-state index in [1.54, 1.807) is 0 Å². The van der Waals surface area contributed by atoms with Gasteiger partial charge in [-0.15, -0.1) is 0 Å². The number of benzene rings is 3. The van der Waals surface area contributed by atoms with Gasteiger partial charge in [-0.2, -0.15) is 0 Å². The van der Waals surface area contributed by atoms with Gasteiger partial charge in [0.25, 0.3) is 0 Å². The van der Waals surface area contributed by atoms with Crippen molar-refractivity contribution < 1.29 is 9.53 Å². The minimum absolute atomic E-state index is 0.0637. The number of hydrogen-bond donors (Lipinski definition) is 0. The normalized spacial score (nSPS) is 24.7. The molecule has 1 aliphatic carbocycles. The highest BCUT2D eigenvalue weighted by atomic mass is 79.9. The SMILES string of the molecule is COC(=O)C12CN(Cc3ccccc3)CC1C(c1ccc(Br)cc1)=CCC2c1ccccc1. The first-order valence-corrected chi connectivity index (χ1v) is 12.3. The highest BCUT2D eigenvalue weighted by Gasteiger charge is 2.60. The molecule has 0 amide bonds. The Labute approximate surface area is 204 Å². The second-order valence-electron chi connectivity index (χ2n) is 9.11. The van der Waals surface area contributed by atoms with Crippen LogP contribution in [0.1, 0.15) is 29.0 Å². The van der Waals surface area contributed by atoms with Gasteiger partial charge in [-0.3, -0.25) is 9.69 Å². The van der Waals surface area contributed by atoms with Crippen LogP contribution in [0.5, 0.6) is 0 Å². The molecule has 168 valence electrons. The van der Waals surface area contributed by atoms with Crippen LogP contribution in [-0.4, -0.2) is 31.1 Å². The lowest BCUT2D eigenvalue weighted by molar-refractivity contribution is -0.155. The Hall–Kier alpha value is -2.69. The minimum atomic E-state index is -0.623. The first kappa shape index (κ1) is 22.1. The van der Waals surface area contributed by atoms with Gasteiger partial charge in [0, 0.05) is 35.9 Å². The lowest BCUT2D eigenvalue weighted by Gasteiger charge is -2.43. The van der Waals surface area contributed by atoms with Crippen LogP contribution in [0.25, 0.3) is 5.57 Å². The number of carbonyl (C=O) groups is 1. The topological polar surface area (TPSA) is 29.5 Å². The molecule has 1 aliphatic heterocycles. The molecule has 1 fully saturated rings. The number of fused-ring (bicyclic) bond motifs is 1. The van der Waals surface area contributed by atoms with Crippen LogP contribution in [-0.2, 0) is 16.1 Å². The summed E-state index contributed by atoms with van der Waals surface area (Å²) in [6, 6.07) is 29.5. The highest BCUT2D eigenvalue weighted by molar-refractivity contribution is 9.10. The molecule has 3 nitrogen and oxygen atoms in total. The number of methoxy groups -OCH3 is 1. The molecule has 0 saturated carbocycles. The van der Waals surface area contributed by atoms with Gasteiger partial charge in [-0.25, -0.2) is 0 Å². The van der Waals surface area contributed by atoms with Crippen molar-refractivity contribution in [2.45, 2.75) is 18.9 Å². The van der Waals surface area contributed by atoms with Crippen LogP contribution in [0.3, 0.4) is 0 Å². The van der Waals surface area contributed by atoms with Crippen molar-refractivity contribution >= 4 is 27.5 Å². The third-order valence-corrected chi connectivity index (χ3v) is 7.84. The zero-order chi connectivity index (χ0) is 22.8. The maximum Gasteiger partial charge on any atom is 0.314 e. The average molecular weight is 502 g/mol. The third-order valence-electron chi connectivity index (χ3n) is 7.31. The van der Waals surface area contributed by atoms with Crippen LogP contribution in [0.2, 0.25) is 0 Å². The molecule has 33 heavy (non-hydrogen) atoms. The highest BCUT2D eigenvalue weighted by Crippen LogP contribution is 2.57. The summed E-state index contributed by atoms with van der Waals surface area (Å²) in [7, 11) is 1.54. The Morgan fingerprint density at radius 2 is 1.64 bits per heavy atom. The molecule has 0 N–H and O–H groups in total. The summed E-state index contributed by atoms with van der Waals surface area (Å²) in [5.74, 6) is 0.0459. The van der Waals surface area contributed by atoms with Gasteiger partial charge in [0.1, 0.15) is 0 Å². The molecule has 4 heteroatoms. The number of rotatable bonds is 5. The zero-order valence-corrected chi connectivity index (χ0v) is 20.4. The van der Waals surface area contributed by atoms with E-state index in [0.29, 0.717) is 6.54 Å². The Morgan fingerprint density at radius 1 is 0.970 bits per heavy atom. The number of nitrogens with zero attached hydrogens (tertiary/aromatic N) is 1. The number of carbonyl (C=O) groups excluding carboxylic acids is 1. The van der Waals surface area contributed by atoms with Crippen molar-refractivity contribution in [2.24, 2.45) is 11.3 Å². The van der Waals surface area contributed by atoms with E-state index in [-0.39, 0.29) is 17.8 Å². The largest absolute Gasteiger partial charge is 0.469 e. The minimum Gasteiger partial charge on any atom is -0.469 e. The third kappa shape index (κ3) is 4.07. The summed E-state index contributed by atoms with van der Waals surface area (Å²) in [6.45, 7) is 2.34.